The Kier molecular flexibility index (Phi) is 6.45. The van der Waals surface area contributed by atoms with Crippen LogP contribution in [0.3, 0.4) is 0 Å². The summed E-state index contributed by atoms with van der Waals surface area (Å²) < 4.78 is 22.4. The number of likely N-dealkylation sites (tertiary alicyclic amines) is 1. The van der Waals surface area contributed by atoms with Crippen LogP contribution in [0.4, 0.5) is 4.79 Å². The van der Waals surface area contributed by atoms with Gasteiger partial charge in [0.05, 0.1) is 38.5 Å². The summed E-state index contributed by atoms with van der Waals surface area (Å²) in [4.78, 5) is 27.5. The molecule has 2 amide bonds. The largest absolute Gasteiger partial charge is 0.494 e. The Labute approximate surface area is 181 Å². The number of benzene rings is 1. The Bertz CT molecular complexity index is 855. The maximum absolute atomic E-state index is 12.8. The summed E-state index contributed by atoms with van der Waals surface area (Å²) in [6.07, 6.45) is 1.49. The van der Waals surface area contributed by atoms with Crippen LogP contribution in [0.25, 0.3) is 0 Å². The van der Waals surface area contributed by atoms with Crippen LogP contribution in [0.15, 0.2) is 35.5 Å². The Balaban J connectivity index is 1.62. The molecule has 0 bridgehead atoms. The van der Waals surface area contributed by atoms with Gasteiger partial charge >= 0.3 is 12.0 Å². The fourth-order valence-electron chi connectivity index (χ4n) is 4.39. The smallest absolute Gasteiger partial charge is 0.338 e. The molecule has 31 heavy (non-hydrogen) atoms. The number of nitrogens with zero attached hydrogens (tertiary/aromatic N) is 1. The summed E-state index contributed by atoms with van der Waals surface area (Å²) in [5.74, 6) is -0.352. The van der Waals surface area contributed by atoms with Crippen molar-refractivity contribution in [2.45, 2.75) is 31.6 Å². The highest BCUT2D eigenvalue weighted by Gasteiger charge is 2.41. The maximum atomic E-state index is 12.8. The van der Waals surface area contributed by atoms with E-state index in [2.05, 4.69) is 15.5 Å². The van der Waals surface area contributed by atoms with Gasteiger partial charge in [-0.15, -0.1) is 0 Å². The molecule has 1 atom stereocenters. The Morgan fingerprint density at radius 2 is 1.94 bits per heavy atom. The lowest BCUT2D eigenvalue weighted by Crippen LogP contribution is -2.51. The van der Waals surface area contributed by atoms with Crippen molar-refractivity contribution in [1.29, 1.82) is 0 Å². The minimum atomic E-state index is -0.670. The summed E-state index contributed by atoms with van der Waals surface area (Å²) in [7, 11) is 1.34. The molecule has 0 unspecified atom stereocenters. The monoisotopic (exact) mass is 431 g/mol. The highest BCUT2D eigenvalue weighted by atomic mass is 16.7. The quantitative estimate of drug-likeness (QED) is 0.662. The number of ether oxygens (including phenoxy) is 4. The van der Waals surface area contributed by atoms with Crippen LogP contribution in [0, 0.1) is 0 Å². The van der Waals surface area contributed by atoms with E-state index in [0.717, 1.165) is 25.9 Å². The molecule has 1 spiro atoms. The lowest BCUT2D eigenvalue weighted by atomic mass is 9.93. The molecule has 0 radical (unpaired) electrons. The molecule has 0 aliphatic carbocycles. The highest BCUT2D eigenvalue weighted by Crippen LogP contribution is 2.35. The van der Waals surface area contributed by atoms with Crippen molar-refractivity contribution in [2.75, 3.05) is 46.6 Å². The highest BCUT2D eigenvalue weighted by molar-refractivity contribution is 5.95. The number of carbonyl (C=O) groups is 2. The summed E-state index contributed by atoms with van der Waals surface area (Å²) in [6.45, 7) is 5.51. The molecule has 3 aliphatic rings. The molecule has 168 valence electrons. The van der Waals surface area contributed by atoms with Crippen molar-refractivity contribution in [1.82, 2.24) is 15.5 Å². The Morgan fingerprint density at radius 1 is 1.23 bits per heavy atom. The van der Waals surface area contributed by atoms with E-state index in [-0.39, 0.29) is 6.03 Å². The van der Waals surface area contributed by atoms with Crippen LogP contribution >= 0.6 is 0 Å². The lowest BCUT2D eigenvalue weighted by molar-refractivity contribution is -0.184. The van der Waals surface area contributed by atoms with Gasteiger partial charge in [0.15, 0.2) is 5.79 Å². The molecule has 2 fully saturated rings. The molecule has 2 saturated heterocycles. The second kappa shape index (κ2) is 9.25. The molecule has 1 aromatic carbocycles. The van der Waals surface area contributed by atoms with Gasteiger partial charge in [0, 0.05) is 43.7 Å². The normalized spacial score (nSPS) is 23.4. The molecule has 9 nitrogen and oxygen atoms in total. The number of rotatable bonds is 6. The first-order valence-electron chi connectivity index (χ1n) is 10.7. The molecule has 3 aliphatic heterocycles. The standard InChI is InChI=1S/C22H29N3O6/c1-3-29-17-7-5-4-6-15(17)19-18(20(26)28-2)16(23-21(27)24-19)14-25-10-8-22(9-11-25)30-12-13-31-22/h4-7,19H,3,8-14H2,1-2H3,(H2,23,24,27)/t19-/m1/s1. The van der Waals surface area contributed by atoms with E-state index < -0.39 is 17.8 Å². The summed E-state index contributed by atoms with van der Waals surface area (Å²) in [5, 5.41) is 5.68. The van der Waals surface area contributed by atoms with E-state index in [1.54, 1.807) is 0 Å². The topological polar surface area (TPSA) is 98.4 Å². The lowest BCUT2D eigenvalue weighted by Gasteiger charge is -2.39. The van der Waals surface area contributed by atoms with Gasteiger partial charge in [-0.05, 0) is 13.0 Å². The Hall–Kier alpha value is -2.62. The molecule has 4 rings (SSSR count). The number of esters is 1. The third-order valence-corrected chi connectivity index (χ3v) is 5.90. The van der Waals surface area contributed by atoms with Gasteiger partial charge in [0.2, 0.25) is 0 Å². The zero-order valence-corrected chi connectivity index (χ0v) is 17.9. The molecular weight excluding hydrogens is 402 g/mol. The summed E-state index contributed by atoms with van der Waals surface area (Å²) in [6, 6.07) is 6.35. The molecule has 0 saturated carbocycles. The van der Waals surface area contributed by atoms with Crippen LogP contribution in [0.5, 0.6) is 5.75 Å². The van der Waals surface area contributed by atoms with Crippen molar-refractivity contribution >= 4 is 12.0 Å². The molecule has 0 aromatic heterocycles. The number of piperidine rings is 1. The predicted octanol–water partition coefficient (Wildman–Crippen LogP) is 1.71. The van der Waals surface area contributed by atoms with E-state index in [1.165, 1.54) is 7.11 Å². The molecule has 1 aromatic rings. The van der Waals surface area contributed by atoms with Crippen LogP contribution in [0.1, 0.15) is 31.4 Å². The van der Waals surface area contributed by atoms with Gasteiger partial charge in [0.25, 0.3) is 0 Å². The molecule has 2 N–H and O–H groups in total. The first-order valence-corrected chi connectivity index (χ1v) is 10.7. The zero-order valence-electron chi connectivity index (χ0n) is 17.9. The summed E-state index contributed by atoms with van der Waals surface area (Å²) >= 11 is 0. The van der Waals surface area contributed by atoms with E-state index in [1.807, 2.05) is 31.2 Å². The van der Waals surface area contributed by atoms with Crippen LogP contribution in [-0.2, 0) is 19.0 Å². The van der Waals surface area contributed by atoms with Gasteiger partial charge in [-0.3, -0.25) is 4.90 Å². The fraction of sp³-hybridized carbons (Fsp3) is 0.545. The first kappa shape index (κ1) is 21.6. The van der Waals surface area contributed by atoms with Crippen LogP contribution in [-0.4, -0.2) is 69.3 Å². The Morgan fingerprint density at radius 3 is 2.61 bits per heavy atom. The minimum absolute atomic E-state index is 0.366. The van der Waals surface area contributed by atoms with Gasteiger partial charge in [-0.1, -0.05) is 18.2 Å². The minimum Gasteiger partial charge on any atom is -0.494 e. The maximum Gasteiger partial charge on any atom is 0.338 e. The number of nitrogens with one attached hydrogen (secondary N) is 2. The van der Waals surface area contributed by atoms with Gasteiger partial charge < -0.3 is 29.6 Å². The van der Waals surface area contributed by atoms with Crippen LogP contribution in [0.2, 0.25) is 0 Å². The zero-order chi connectivity index (χ0) is 21.8. The average molecular weight is 431 g/mol. The SMILES string of the molecule is CCOc1ccccc1[C@H]1NC(=O)NC(CN2CCC3(CC2)OCCO3)=C1C(=O)OC. The second-order valence-electron chi connectivity index (χ2n) is 7.77. The number of urea groups is 1. The van der Waals surface area contributed by atoms with E-state index in [4.69, 9.17) is 18.9 Å². The van der Waals surface area contributed by atoms with E-state index in [0.29, 0.717) is 48.9 Å². The van der Waals surface area contributed by atoms with Gasteiger partial charge in [0.1, 0.15) is 5.75 Å². The molecule has 3 heterocycles. The molecular formula is C22H29N3O6. The number of para-hydroxylation sites is 1. The van der Waals surface area contributed by atoms with E-state index >= 15 is 0 Å². The van der Waals surface area contributed by atoms with Crippen LogP contribution < -0.4 is 15.4 Å². The number of carbonyl (C=O) groups excluding carboxylic acids is 2. The third-order valence-electron chi connectivity index (χ3n) is 5.90. The number of methoxy groups -OCH3 is 1. The van der Waals surface area contributed by atoms with Crippen molar-refractivity contribution in [3.63, 3.8) is 0 Å². The van der Waals surface area contributed by atoms with E-state index in [9.17, 15) is 9.59 Å². The van der Waals surface area contributed by atoms with Gasteiger partial charge in [-0.25, -0.2) is 9.59 Å². The average Bonchev–Trinajstić information content (AvgIpc) is 3.23. The van der Waals surface area contributed by atoms with Crippen molar-refractivity contribution < 1.29 is 28.5 Å². The fourth-order valence-corrected chi connectivity index (χ4v) is 4.39. The number of hydrogen-bond acceptors (Lipinski definition) is 7. The van der Waals surface area contributed by atoms with Crippen molar-refractivity contribution in [2.24, 2.45) is 0 Å². The third kappa shape index (κ3) is 4.53. The van der Waals surface area contributed by atoms with Crippen molar-refractivity contribution in [3.05, 3.63) is 41.1 Å². The number of hydrogen-bond donors (Lipinski definition) is 2. The van der Waals surface area contributed by atoms with Crippen molar-refractivity contribution in [3.8, 4) is 5.75 Å². The predicted molar refractivity (Wildman–Crippen MR) is 111 cm³/mol. The number of amides is 2. The first-order chi connectivity index (χ1) is 15.0. The summed E-state index contributed by atoms with van der Waals surface area (Å²) in [5.41, 5.74) is 1.63. The second-order valence-corrected chi connectivity index (χ2v) is 7.77. The van der Waals surface area contributed by atoms with Gasteiger partial charge in [-0.2, -0.15) is 0 Å². The molecule has 9 heteroatoms.